The van der Waals surface area contributed by atoms with E-state index in [4.69, 9.17) is 0 Å². The molecular weight excluding hydrogens is 246 g/mol. The molecule has 1 heterocycles. The molecule has 100 valence electrons. The minimum absolute atomic E-state index is 0.124. The average molecular weight is 267 g/mol. The average Bonchev–Trinajstić information content (AvgIpc) is 2.48. The van der Waals surface area contributed by atoms with Crippen LogP contribution in [0.5, 0.6) is 0 Å². The first-order valence-electron chi connectivity index (χ1n) is 6.44. The van der Waals surface area contributed by atoms with E-state index in [-0.39, 0.29) is 12.0 Å². The van der Waals surface area contributed by atoms with Gasteiger partial charge in [0.05, 0.1) is 4.90 Å². The first-order valence-corrected chi connectivity index (χ1v) is 7.92. The SMILES string of the molecule is CC(C)c1cc(C(C)C)c2c(c1)C(C)NS2(=O)=O. The van der Waals surface area contributed by atoms with Crippen molar-refractivity contribution >= 4 is 10.0 Å². The maximum atomic E-state index is 12.2. The lowest BCUT2D eigenvalue weighted by Crippen LogP contribution is -2.18. The molecule has 0 aliphatic carbocycles. The molecule has 4 heteroatoms. The Morgan fingerprint density at radius 3 is 2.22 bits per heavy atom. The second-order valence-electron chi connectivity index (χ2n) is 5.68. The molecule has 1 aliphatic rings. The minimum atomic E-state index is -3.32. The zero-order chi connectivity index (χ0) is 13.7. The van der Waals surface area contributed by atoms with Crippen molar-refractivity contribution in [2.45, 2.75) is 57.4 Å². The molecule has 2 rings (SSSR count). The summed E-state index contributed by atoms with van der Waals surface area (Å²) in [5, 5.41) is 0. The number of rotatable bonds is 2. The van der Waals surface area contributed by atoms with E-state index >= 15 is 0 Å². The van der Waals surface area contributed by atoms with Crippen LogP contribution < -0.4 is 4.72 Å². The molecule has 1 aromatic carbocycles. The Labute approximate surface area is 110 Å². The minimum Gasteiger partial charge on any atom is -0.207 e. The number of hydrogen-bond acceptors (Lipinski definition) is 2. The van der Waals surface area contributed by atoms with Gasteiger partial charge in [0.2, 0.25) is 10.0 Å². The van der Waals surface area contributed by atoms with Crippen LogP contribution in [0.15, 0.2) is 17.0 Å². The van der Waals surface area contributed by atoms with Gasteiger partial charge in [0.25, 0.3) is 0 Å². The molecule has 3 nitrogen and oxygen atoms in total. The lowest BCUT2D eigenvalue weighted by Gasteiger charge is -2.16. The van der Waals surface area contributed by atoms with Crippen molar-refractivity contribution in [3.8, 4) is 0 Å². The van der Waals surface area contributed by atoms with Gasteiger partial charge in [0.15, 0.2) is 0 Å². The summed E-state index contributed by atoms with van der Waals surface area (Å²) in [6, 6.07) is 3.96. The van der Waals surface area contributed by atoms with E-state index in [9.17, 15) is 8.42 Å². The van der Waals surface area contributed by atoms with E-state index < -0.39 is 10.0 Å². The number of nitrogens with one attached hydrogen (secondary N) is 1. The molecule has 0 saturated heterocycles. The second kappa shape index (κ2) is 4.35. The van der Waals surface area contributed by atoms with E-state index in [2.05, 4.69) is 18.6 Å². The Bertz CT molecular complexity index is 574. The molecule has 1 atom stereocenters. The standard InChI is InChI=1S/C14H21NO2S/c1-8(2)11-6-12(9(3)4)14-13(7-11)10(5)15-18(14,16)17/h6-10,15H,1-5H3. The normalized spacial score (nSPS) is 21.6. The Kier molecular flexibility index (Phi) is 3.28. The van der Waals surface area contributed by atoms with Crippen LogP contribution in [0.2, 0.25) is 0 Å². The molecule has 0 aromatic heterocycles. The van der Waals surface area contributed by atoms with Crippen LogP contribution >= 0.6 is 0 Å². The van der Waals surface area contributed by atoms with Crippen LogP contribution in [0.3, 0.4) is 0 Å². The monoisotopic (exact) mass is 267 g/mol. The Morgan fingerprint density at radius 2 is 1.72 bits per heavy atom. The number of benzene rings is 1. The van der Waals surface area contributed by atoms with Gasteiger partial charge in [-0.2, -0.15) is 0 Å². The highest BCUT2D eigenvalue weighted by Crippen LogP contribution is 2.38. The van der Waals surface area contributed by atoms with E-state index in [0.29, 0.717) is 10.8 Å². The molecule has 18 heavy (non-hydrogen) atoms. The quantitative estimate of drug-likeness (QED) is 0.893. The predicted octanol–water partition coefficient (Wildman–Crippen LogP) is 3.29. The fourth-order valence-corrected chi connectivity index (χ4v) is 4.31. The van der Waals surface area contributed by atoms with Crippen molar-refractivity contribution in [3.05, 3.63) is 28.8 Å². The fraction of sp³-hybridized carbons (Fsp3) is 0.571. The van der Waals surface area contributed by atoms with Crippen LogP contribution in [0.4, 0.5) is 0 Å². The second-order valence-corrected chi connectivity index (χ2v) is 7.33. The summed E-state index contributed by atoms with van der Waals surface area (Å²) in [4.78, 5) is 0.509. The highest BCUT2D eigenvalue weighted by atomic mass is 32.2. The van der Waals surface area contributed by atoms with E-state index in [0.717, 1.165) is 11.1 Å². The van der Waals surface area contributed by atoms with Crippen molar-refractivity contribution in [3.63, 3.8) is 0 Å². The highest BCUT2D eigenvalue weighted by Gasteiger charge is 2.35. The van der Waals surface area contributed by atoms with Gasteiger partial charge >= 0.3 is 0 Å². The van der Waals surface area contributed by atoms with Gasteiger partial charge in [0, 0.05) is 6.04 Å². The van der Waals surface area contributed by atoms with Gasteiger partial charge in [0.1, 0.15) is 0 Å². The summed E-state index contributed by atoms with van der Waals surface area (Å²) in [6.07, 6.45) is 0. The lowest BCUT2D eigenvalue weighted by molar-refractivity contribution is 0.581. The van der Waals surface area contributed by atoms with Crippen LogP contribution in [0.25, 0.3) is 0 Å². The van der Waals surface area contributed by atoms with Crippen LogP contribution in [-0.4, -0.2) is 8.42 Å². The molecule has 0 saturated carbocycles. The van der Waals surface area contributed by atoms with Crippen molar-refractivity contribution in [1.29, 1.82) is 0 Å². The molecular formula is C14H21NO2S. The smallest absolute Gasteiger partial charge is 0.207 e. The summed E-state index contributed by atoms with van der Waals surface area (Å²) in [6.45, 7) is 10.2. The molecule has 0 spiro atoms. The summed E-state index contributed by atoms with van der Waals surface area (Å²) < 4.78 is 27.0. The zero-order valence-electron chi connectivity index (χ0n) is 11.6. The largest absolute Gasteiger partial charge is 0.241 e. The number of sulfonamides is 1. The third-order valence-electron chi connectivity index (χ3n) is 3.52. The molecule has 1 aromatic rings. The van der Waals surface area contributed by atoms with Crippen molar-refractivity contribution in [2.75, 3.05) is 0 Å². The maximum absolute atomic E-state index is 12.2. The molecule has 0 amide bonds. The Morgan fingerprint density at radius 1 is 1.11 bits per heavy atom. The zero-order valence-corrected chi connectivity index (χ0v) is 12.4. The van der Waals surface area contributed by atoms with Gasteiger partial charge in [-0.05, 0) is 35.4 Å². The third-order valence-corrected chi connectivity index (χ3v) is 5.20. The predicted molar refractivity (Wildman–Crippen MR) is 73.4 cm³/mol. The van der Waals surface area contributed by atoms with Crippen LogP contribution in [0.1, 0.15) is 69.2 Å². The van der Waals surface area contributed by atoms with Gasteiger partial charge in [-0.1, -0.05) is 39.8 Å². The first kappa shape index (κ1) is 13.6. The molecule has 1 aliphatic heterocycles. The molecule has 0 bridgehead atoms. The summed E-state index contributed by atoms with van der Waals surface area (Å²) >= 11 is 0. The van der Waals surface area contributed by atoms with Gasteiger partial charge in [-0.25, -0.2) is 13.1 Å². The fourth-order valence-electron chi connectivity index (χ4n) is 2.45. The Hall–Kier alpha value is -0.870. The summed E-state index contributed by atoms with van der Waals surface area (Å²) in [7, 11) is -3.32. The van der Waals surface area contributed by atoms with Gasteiger partial charge in [-0.3, -0.25) is 0 Å². The molecule has 0 fully saturated rings. The Balaban J connectivity index is 2.78. The van der Waals surface area contributed by atoms with Gasteiger partial charge < -0.3 is 0 Å². The summed E-state index contributed by atoms with van der Waals surface area (Å²) in [5.41, 5.74) is 3.07. The van der Waals surface area contributed by atoms with E-state index in [1.54, 1.807) is 0 Å². The maximum Gasteiger partial charge on any atom is 0.241 e. The summed E-state index contributed by atoms with van der Waals surface area (Å²) in [5.74, 6) is 0.614. The topological polar surface area (TPSA) is 46.2 Å². The first-order chi connectivity index (χ1) is 8.24. The molecule has 1 unspecified atom stereocenters. The van der Waals surface area contributed by atoms with Crippen molar-refractivity contribution in [2.24, 2.45) is 0 Å². The number of hydrogen-bond donors (Lipinski definition) is 1. The van der Waals surface area contributed by atoms with E-state index in [1.807, 2.05) is 32.9 Å². The van der Waals surface area contributed by atoms with Crippen LogP contribution in [0, 0.1) is 0 Å². The van der Waals surface area contributed by atoms with E-state index in [1.165, 1.54) is 5.56 Å². The van der Waals surface area contributed by atoms with Crippen molar-refractivity contribution in [1.82, 2.24) is 4.72 Å². The lowest BCUT2D eigenvalue weighted by atomic mass is 9.91. The highest BCUT2D eigenvalue weighted by molar-refractivity contribution is 7.89. The molecule has 1 N–H and O–H groups in total. The van der Waals surface area contributed by atoms with Gasteiger partial charge in [-0.15, -0.1) is 0 Å². The van der Waals surface area contributed by atoms with Crippen LogP contribution in [-0.2, 0) is 10.0 Å². The number of fused-ring (bicyclic) bond motifs is 1. The molecule has 0 radical (unpaired) electrons. The van der Waals surface area contributed by atoms with Crippen molar-refractivity contribution < 1.29 is 8.42 Å². The third kappa shape index (κ3) is 2.08.